The molecular formula is C37H44IrNO2SSi-. The van der Waals surface area contributed by atoms with Crippen molar-refractivity contribution in [3.8, 4) is 11.3 Å². The van der Waals surface area contributed by atoms with Crippen LogP contribution in [0, 0.1) is 12.0 Å². The van der Waals surface area contributed by atoms with Crippen LogP contribution >= 0.6 is 11.3 Å². The van der Waals surface area contributed by atoms with E-state index in [1.54, 1.807) is 10.8 Å². The molecule has 229 valence electrons. The summed E-state index contributed by atoms with van der Waals surface area (Å²) in [5.74, 6) is 0.588. The van der Waals surface area contributed by atoms with Crippen LogP contribution in [0.25, 0.3) is 42.2 Å². The number of hydrogen-bond donors (Lipinski definition) is 1. The molecule has 0 fully saturated rings. The van der Waals surface area contributed by atoms with Crippen LogP contribution in [-0.4, -0.2) is 23.9 Å². The zero-order valence-electron chi connectivity index (χ0n) is 27.1. The first-order valence-corrected chi connectivity index (χ1v) is 19.1. The number of carbonyl (C=O) groups excluding carboxylic acids is 1. The number of allylic oxidation sites excluding steroid dienone is 2. The fourth-order valence-electron chi connectivity index (χ4n) is 5.73. The molecule has 1 radical (unpaired) electrons. The third-order valence-electron chi connectivity index (χ3n) is 7.27. The molecule has 0 spiro atoms. The van der Waals surface area contributed by atoms with E-state index in [0.29, 0.717) is 5.92 Å². The molecular weight excluding hydrogens is 743 g/mol. The van der Waals surface area contributed by atoms with Crippen LogP contribution < -0.4 is 5.19 Å². The van der Waals surface area contributed by atoms with E-state index in [1.807, 2.05) is 17.5 Å². The number of pyridine rings is 1. The Hall–Kier alpha value is -2.63. The van der Waals surface area contributed by atoms with Crippen molar-refractivity contribution < 1.29 is 30.0 Å². The van der Waals surface area contributed by atoms with Crippen LogP contribution in [-0.2, 0) is 36.7 Å². The maximum Gasteiger partial charge on any atom is 0.155 e. The van der Waals surface area contributed by atoms with E-state index in [2.05, 4.69) is 109 Å². The van der Waals surface area contributed by atoms with E-state index in [4.69, 9.17) is 10.1 Å². The smallest absolute Gasteiger partial charge is 0.155 e. The molecule has 0 unspecified atom stereocenters. The molecule has 6 heteroatoms. The molecule has 43 heavy (non-hydrogen) atoms. The number of thiophene rings is 1. The Bertz CT molecular complexity index is 1800. The number of carbonyl (C=O) groups is 1. The van der Waals surface area contributed by atoms with Crippen molar-refractivity contribution in [1.82, 2.24) is 4.98 Å². The molecule has 0 aliphatic rings. The van der Waals surface area contributed by atoms with Crippen molar-refractivity contribution in [3.05, 3.63) is 83.8 Å². The van der Waals surface area contributed by atoms with Gasteiger partial charge in [0, 0.05) is 47.5 Å². The number of rotatable bonds is 5. The van der Waals surface area contributed by atoms with Gasteiger partial charge in [-0.3, -0.25) is 9.78 Å². The van der Waals surface area contributed by atoms with E-state index in [0.717, 1.165) is 23.1 Å². The zero-order chi connectivity index (χ0) is 31.0. The first-order valence-electron chi connectivity index (χ1n) is 14.7. The quantitative estimate of drug-likeness (QED) is 0.0836. The molecule has 0 aliphatic heterocycles. The van der Waals surface area contributed by atoms with Crippen LogP contribution in [0.2, 0.25) is 19.6 Å². The van der Waals surface area contributed by atoms with Crippen molar-refractivity contribution in [2.24, 2.45) is 5.92 Å². The van der Waals surface area contributed by atoms with Crippen LogP contribution in [0.3, 0.4) is 0 Å². The SMILES string of the molecule is CC(=O)/C=C(/C)O.CC(C)Cc1ccc2c(sc3ccnc(-c4[c-]c5ccccc5c(C(C)(C)C)c4)c32)c1[Si](C)(C)C.[Ir]. The van der Waals surface area contributed by atoms with Crippen LogP contribution in [0.1, 0.15) is 59.6 Å². The van der Waals surface area contributed by atoms with Crippen LogP contribution in [0.15, 0.2) is 66.6 Å². The van der Waals surface area contributed by atoms with Crippen LogP contribution in [0.5, 0.6) is 0 Å². The Morgan fingerprint density at radius 3 is 2.28 bits per heavy atom. The zero-order valence-corrected chi connectivity index (χ0v) is 31.3. The Morgan fingerprint density at radius 2 is 1.72 bits per heavy atom. The number of ketones is 1. The van der Waals surface area contributed by atoms with Gasteiger partial charge < -0.3 is 5.11 Å². The van der Waals surface area contributed by atoms with Gasteiger partial charge in [0.15, 0.2) is 5.78 Å². The summed E-state index contributed by atoms with van der Waals surface area (Å²) in [5.41, 5.74) is 5.08. The molecule has 3 aromatic carbocycles. The molecule has 1 N–H and O–H groups in total. The number of aliphatic hydroxyl groups is 1. The van der Waals surface area contributed by atoms with Gasteiger partial charge in [-0.1, -0.05) is 95.5 Å². The van der Waals surface area contributed by atoms with Gasteiger partial charge in [0.25, 0.3) is 0 Å². The minimum absolute atomic E-state index is 0. The third kappa shape index (κ3) is 7.91. The Kier molecular flexibility index (Phi) is 11.0. The Balaban J connectivity index is 0.000000567. The molecule has 3 nitrogen and oxygen atoms in total. The molecule has 0 saturated carbocycles. The number of benzene rings is 3. The van der Waals surface area contributed by atoms with Gasteiger partial charge in [-0.2, -0.15) is 0 Å². The van der Waals surface area contributed by atoms with Gasteiger partial charge in [-0.05, 0) is 59.2 Å². The molecule has 0 bridgehead atoms. The normalized spacial score (nSPS) is 12.4. The topological polar surface area (TPSA) is 50.2 Å². The van der Waals surface area contributed by atoms with Gasteiger partial charge in [0.1, 0.15) is 0 Å². The molecule has 0 amide bonds. The summed E-state index contributed by atoms with van der Waals surface area (Å²) < 4.78 is 2.80. The summed E-state index contributed by atoms with van der Waals surface area (Å²) in [7, 11) is -1.56. The summed E-state index contributed by atoms with van der Waals surface area (Å²) in [6.07, 6.45) is 4.29. The van der Waals surface area contributed by atoms with E-state index < -0.39 is 8.07 Å². The molecule has 0 saturated heterocycles. The largest absolute Gasteiger partial charge is 0.512 e. The number of aromatic nitrogens is 1. The molecule has 0 aliphatic carbocycles. The van der Waals surface area contributed by atoms with E-state index in [1.165, 1.54) is 51.0 Å². The summed E-state index contributed by atoms with van der Waals surface area (Å²) >= 11 is 1.96. The van der Waals surface area contributed by atoms with E-state index in [9.17, 15) is 4.79 Å². The maximum atomic E-state index is 10.0. The Morgan fingerprint density at radius 1 is 1.05 bits per heavy atom. The molecule has 2 heterocycles. The number of fused-ring (bicyclic) bond motifs is 4. The minimum Gasteiger partial charge on any atom is -0.512 e. The first-order chi connectivity index (χ1) is 19.6. The van der Waals surface area contributed by atoms with Gasteiger partial charge in [-0.25, -0.2) is 0 Å². The second-order valence-corrected chi connectivity index (χ2v) is 19.8. The molecule has 2 aromatic heterocycles. The summed E-state index contributed by atoms with van der Waals surface area (Å²) in [5, 5.41) is 15.1. The molecule has 5 aromatic rings. The van der Waals surface area contributed by atoms with Gasteiger partial charge in [0.2, 0.25) is 0 Å². The van der Waals surface area contributed by atoms with Crippen molar-refractivity contribution >= 4 is 61.3 Å². The summed E-state index contributed by atoms with van der Waals surface area (Å²) in [6, 6.07) is 21.7. The van der Waals surface area contributed by atoms with Crippen molar-refractivity contribution in [3.63, 3.8) is 0 Å². The number of hydrogen-bond acceptors (Lipinski definition) is 4. The van der Waals surface area contributed by atoms with E-state index in [-0.39, 0.29) is 37.1 Å². The summed E-state index contributed by atoms with van der Waals surface area (Å²) in [6.45, 7) is 21.9. The minimum atomic E-state index is -1.56. The van der Waals surface area contributed by atoms with Gasteiger partial charge >= 0.3 is 0 Å². The third-order valence-corrected chi connectivity index (χ3v) is 10.7. The maximum absolute atomic E-state index is 10.0. The summed E-state index contributed by atoms with van der Waals surface area (Å²) in [4.78, 5) is 15.0. The number of aliphatic hydroxyl groups excluding tert-OH is 1. The monoisotopic (exact) mass is 787 g/mol. The Labute approximate surface area is 275 Å². The molecule has 0 atom stereocenters. The van der Waals surface area contributed by atoms with Crippen LogP contribution in [0.4, 0.5) is 0 Å². The molecule has 5 rings (SSSR count). The second-order valence-electron chi connectivity index (χ2n) is 13.7. The van der Waals surface area contributed by atoms with Gasteiger partial charge in [0.05, 0.1) is 13.8 Å². The van der Waals surface area contributed by atoms with Crippen molar-refractivity contribution in [1.29, 1.82) is 0 Å². The van der Waals surface area contributed by atoms with Crippen molar-refractivity contribution in [2.45, 2.75) is 79.9 Å². The fraction of sp³-hybridized carbons (Fsp3) is 0.351. The van der Waals surface area contributed by atoms with E-state index >= 15 is 0 Å². The predicted molar refractivity (Wildman–Crippen MR) is 186 cm³/mol. The van der Waals surface area contributed by atoms with Gasteiger partial charge in [-0.15, -0.1) is 40.5 Å². The standard InChI is InChI=1S/C32H36NSSi.C5H8O2.Ir/c1-20(2)17-22-13-14-25-28-27(34-30(25)31(22)35(6,7)8)15-16-33-29(28)23-18-21-11-9-10-12-24(21)26(19-23)32(3,4)5;1-4(6)3-5(2)7;/h9-16,19-20H,17H2,1-8H3;3,6H,1-2H3;/q-1;;/b;4-3-;. The first kappa shape index (κ1) is 34.9. The second kappa shape index (κ2) is 13.6. The average molecular weight is 787 g/mol. The van der Waals surface area contributed by atoms with Crippen molar-refractivity contribution in [2.75, 3.05) is 0 Å². The average Bonchev–Trinajstić information content (AvgIpc) is 3.24. The number of nitrogens with zero attached hydrogens (tertiary/aromatic N) is 1. The predicted octanol–water partition coefficient (Wildman–Crippen LogP) is 10.1. The fourth-order valence-corrected chi connectivity index (χ4v) is 9.94.